The highest BCUT2D eigenvalue weighted by Gasteiger charge is 2.21. The van der Waals surface area contributed by atoms with Crippen LogP contribution in [0.4, 0.5) is 5.69 Å². The Labute approximate surface area is 112 Å². The number of nitrogens with one attached hydrogen (secondary N) is 1. The summed E-state index contributed by atoms with van der Waals surface area (Å²) in [6.45, 7) is 2.03. The molecule has 2 aromatic carbocycles. The minimum absolute atomic E-state index is 0.724. The van der Waals surface area contributed by atoms with Crippen LogP contribution in [0.5, 0.6) is 0 Å². The highest BCUT2D eigenvalue weighted by molar-refractivity contribution is 5.79. The van der Waals surface area contributed by atoms with Gasteiger partial charge in [-0.3, -0.25) is 0 Å². The van der Waals surface area contributed by atoms with Gasteiger partial charge in [-0.2, -0.15) is 0 Å². The summed E-state index contributed by atoms with van der Waals surface area (Å²) in [5.74, 6) is -0.871. The van der Waals surface area contributed by atoms with Crippen molar-refractivity contribution in [3.63, 3.8) is 0 Å². The third-order valence-corrected chi connectivity index (χ3v) is 3.08. The number of anilines is 1. The van der Waals surface area contributed by atoms with E-state index < -0.39 is 12.0 Å². The Morgan fingerprint density at radius 3 is 2.37 bits per heavy atom. The first kappa shape index (κ1) is 13.1. The first-order valence-corrected chi connectivity index (χ1v) is 6.34. The van der Waals surface area contributed by atoms with Gasteiger partial charge in [-0.25, -0.2) is 4.79 Å². The second-order valence-corrected chi connectivity index (χ2v) is 4.33. The number of hydrogen-bond acceptors (Lipinski definition) is 2. The lowest BCUT2D eigenvalue weighted by Crippen LogP contribution is -2.21. The molecule has 0 saturated heterocycles. The van der Waals surface area contributed by atoms with Crippen molar-refractivity contribution in [2.24, 2.45) is 0 Å². The third kappa shape index (κ3) is 3.13. The molecule has 0 heterocycles. The molecule has 0 fully saturated rings. The Kier molecular flexibility index (Phi) is 4.18. The number of carboxylic acid groups (broad SMARTS) is 1. The summed E-state index contributed by atoms with van der Waals surface area (Å²) < 4.78 is 0. The van der Waals surface area contributed by atoms with Crippen LogP contribution in [-0.4, -0.2) is 11.1 Å². The third-order valence-electron chi connectivity index (χ3n) is 3.08. The molecule has 98 valence electrons. The molecule has 0 radical (unpaired) electrons. The van der Waals surface area contributed by atoms with Gasteiger partial charge < -0.3 is 10.4 Å². The molecule has 0 bridgehead atoms. The van der Waals surface area contributed by atoms with Crippen LogP contribution in [0, 0.1) is 0 Å². The van der Waals surface area contributed by atoms with Crippen molar-refractivity contribution in [3.8, 4) is 0 Å². The van der Waals surface area contributed by atoms with Gasteiger partial charge in [-0.15, -0.1) is 0 Å². The maximum absolute atomic E-state index is 11.5. The number of hydrogen-bond donors (Lipinski definition) is 2. The standard InChI is InChI=1S/C16H17NO2/c1-2-12-8-6-7-11-14(12)15(16(18)19)17-13-9-4-3-5-10-13/h3-11,15,17H,2H2,1H3,(H,18,19). The molecule has 1 unspecified atom stereocenters. The number of para-hydroxylation sites is 1. The van der Waals surface area contributed by atoms with Crippen LogP contribution in [0.25, 0.3) is 0 Å². The van der Waals surface area contributed by atoms with Crippen molar-refractivity contribution in [1.29, 1.82) is 0 Å². The summed E-state index contributed by atoms with van der Waals surface area (Å²) in [5.41, 5.74) is 2.68. The molecule has 2 N–H and O–H groups in total. The fraction of sp³-hybridized carbons (Fsp3) is 0.188. The van der Waals surface area contributed by atoms with E-state index in [1.54, 1.807) is 0 Å². The number of benzene rings is 2. The van der Waals surface area contributed by atoms with E-state index in [1.807, 2.05) is 61.5 Å². The quantitative estimate of drug-likeness (QED) is 0.859. The fourth-order valence-electron chi connectivity index (χ4n) is 2.11. The lowest BCUT2D eigenvalue weighted by atomic mass is 9.98. The van der Waals surface area contributed by atoms with Gasteiger partial charge in [0.15, 0.2) is 6.04 Å². The van der Waals surface area contributed by atoms with E-state index in [4.69, 9.17) is 0 Å². The topological polar surface area (TPSA) is 49.3 Å². The van der Waals surface area contributed by atoms with Gasteiger partial charge in [-0.1, -0.05) is 49.4 Å². The van der Waals surface area contributed by atoms with Gasteiger partial charge in [-0.05, 0) is 29.7 Å². The van der Waals surface area contributed by atoms with Gasteiger partial charge in [0.2, 0.25) is 0 Å². The largest absolute Gasteiger partial charge is 0.479 e. The monoisotopic (exact) mass is 255 g/mol. The molecular weight excluding hydrogens is 238 g/mol. The number of aryl methyl sites for hydroxylation is 1. The van der Waals surface area contributed by atoms with Crippen LogP contribution >= 0.6 is 0 Å². The van der Waals surface area contributed by atoms with Crippen LogP contribution in [0.3, 0.4) is 0 Å². The molecular formula is C16H17NO2. The van der Waals surface area contributed by atoms with Crippen LogP contribution in [0.15, 0.2) is 54.6 Å². The smallest absolute Gasteiger partial charge is 0.330 e. The first-order chi connectivity index (χ1) is 9.22. The molecule has 0 aliphatic rings. The van der Waals surface area contributed by atoms with Crippen molar-refractivity contribution >= 4 is 11.7 Å². The number of carbonyl (C=O) groups is 1. The second kappa shape index (κ2) is 6.05. The molecule has 0 spiro atoms. The minimum Gasteiger partial charge on any atom is -0.479 e. The van der Waals surface area contributed by atoms with E-state index in [1.165, 1.54) is 0 Å². The summed E-state index contributed by atoms with van der Waals surface area (Å²) in [4.78, 5) is 11.5. The zero-order chi connectivity index (χ0) is 13.7. The van der Waals surface area contributed by atoms with Crippen molar-refractivity contribution in [2.45, 2.75) is 19.4 Å². The van der Waals surface area contributed by atoms with Gasteiger partial charge in [0.1, 0.15) is 0 Å². The van der Waals surface area contributed by atoms with Crippen LogP contribution in [0.2, 0.25) is 0 Å². The summed E-state index contributed by atoms with van der Waals surface area (Å²) in [6, 6.07) is 16.3. The highest BCUT2D eigenvalue weighted by Crippen LogP contribution is 2.23. The predicted octanol–water partition coefficient (Wildman–Crippen LogP) is 3.49. The van der Waals surface area contributed by atoms with Crippen molar-refractivity contribution in [2.75, 3.05) is 5.32 Å². The highest BCUT2D eigenvalue weighted by atomic mass is 16.4. The van der Waals surface area contributed by atoms with Crippen molar-refractivity contribution in [1.82, 2.24) is 0 Å². The van der Waals surface area contributed by atoms with Gasteiger partial charge in [0.05, 0.1) is 0 Å². The molecule has 0 amide bonds. The van der Waals surface area contributed by atoms with Gasteiger partial charge in [0, 0.05) is 5.69 Å². The Bertz CT molecular complexity index is 552. The average molecular weight is 255 g/mol. The minimum atomic E-state index is -0.871. The Morgan fingerprint density at radius 2 is 1.74 bits per heavy atom. The summed E-state index contributed by atoms with van der Waals surface area (Å²) in [5, 5.41) is 12.5. The van der Waals surface area contributed by atoms with Gasteiger partial charge in [0.25, 0.3) is 0 Å². The van der Waals surface area contributed by atoms with E-state index in [0.717, 1.165) is 23.2 Å². The Balaban J connectivity index is 2.33. The Hall–Kier alpha value is -2.29. The van der Waals surface area contributed by atoms with Crippen molar-refractivity contribution in [3.05, 3.63) is 65.7 Å². The van der Waals surface area contributed by atoms with E-state index in [9.17, 15) is 9.90 Å². The predicted molar refractivity (Wildman–Crippen MR) is 76.3 cm³/mol. The molecule has 0 aliphatic heterocycles. The molecule has 1 atom stereocenters. The summed E-state index contributed by atoms with van der Waals surface area (Å²) >= 11 is 0. The number of aliphatic carboxylic acids is 1. The van der Waals surface area contributed by atoms with Crippen LogP contribution in [0.1, 0.15) is 24.1 Å². The second-order valence-electron chi connectivity index (χ2n) is 4.33. The van der Waals surface area contributed by atoms with Gasteiger partial charge >= 0.3 is 5.97 Å². The maximum atomic E-state index is 11.5. The first-order valence-electron chi connectivity index (χ1n) is 6.34. The zero-order valence-corrected chi connectivity index (χ0v) is 10.8. The summed E-state index contributed by atoms with van der Waals surface area (Å²) in [6.07, 6.45) is 0.816. The fourth-order valence-corrected chi connectivity index (χ4v) is 2.11. The van der Waals surface area contributed by atoms with E-state index in [-0.39, 0.29) is 0 Å². The van der Waals surface area contributed by atoms with Crippen LogP contribution in [-0.2, 0) is 11.2 Å². The number of carboxylic acids is 1. The molecule has 0 saturated carbocycles. The molecule has 3 nitrogen and oxygen atoms in total. The van der Waals surface area contributed by atoms with Crippen LogP contribution < -0.4 is 5.32 Å². The SMILES string of the molecule is CCc1ccccc1C(Nc1ccccc1)C(=O)O. The Morgan fingerprint density at radius 1 is 1.11 bits per heavy atom. The molecule has 0 aromatic heterocycles. The molecule has 2 aromatic rings. The summed E-state index contributed by atoms with van der Waals surface area (Å²) in [7, 11) is 0. The lowest BCUT2D eigenvalue weighted by molar-refractivity contribution is -0.138. The zero-order valence-electron chi connectivity index (χ0n) is 10.8. The molecule has 0 aliphatic carbocycles. The van der Waals surface area contributed by atoms with Crippen molar-refractivity contribution < 1.29 is 9.90 Å². The average Bonchev–Trinajstić information content (AvgIpc) is 2.45. The molecule has 3 heteroatoms. The lowest BCUT2D eigenvalue weighted by Gasteiger charge is -2.18. The van der Waals surface area contributed by atoms with E-state index in [0.29, 0.717) is 0 Å². The van der Waals surface area contributed by atoms with E-state index >= 15 is 0 Å². The normalized spacial score (nSPS) is 11.8. The molecule has 19 heavy (non-hydrogen) atoms. The van der Waals surface area contributed by atoms with E-state index in [2.05, 4.69) is 5.32 Å². The molecule has 2 rings (SSSR count). The number of rotatable bonds is 5. The maximum Gasteiger partial charge on any atom is 0.330 e.